The van der Waals surface area contributed by atoms with Gasteiger partial charge < -0.3 is 5.32 Å². The SMILES string of the molecule is Cc1ccccc1NC(C)(C)c1nnnn1[C@@H](/C=C/c1ccc(Cl)cc1Cl)C(C)(C)C. The number of nitrogens with one attached hydrogen (secondary N) is 1. The Hall–Kier alpha value is -2.37. The number of tetrazole rings is 1. The van der Waals surface area contributed by atoms with Crippen LogP contribution in [-0.2, 0) is 5.54 Å². The monoisotopic (exact) mass is 457 g/mol. The van der Waals surface area contributed by atoms with E-state index in [1.807, 2.05) is 35.0 Å². The molecule has 0 aliphatic carbocycles. The van der Waals surface area contributed by atoms with Crippen molar-refractivity contribution in [1.29, 1.82) is 0 Å². The summed E-state index contributed by atoms with van der Waals surface area (Å²) in [7, 11) is 0. The molecule has 1 atom stereocenters. The number of hydrogen-bond donors (Lipinski definition) is 1. The molecule has 0 aliphatic heterocycles. The summed E-state index contributed by atoms with van der Waals surface area (Å²) in [6.45, 7) is 12.7. The van der Waals surface area contributed by atoms with E-state index in [1.54, 1.807) is 6.07 Å². The molecule has 0 spiro atoms. The van der Waals surface area contributed by atoms with Gasteiger partial charge in [0.1, 0.15) is 0 Å². The van der Waals surface area contributed by atoms with Crippen molar-refractivity contribution in [2.75, 3.05) is 5.32 Å². The van der Waals surface area contributed by atoms with E-state index in [-0.39, 0.29) is 11.5 Å². The van der Waals surface area contributed by atoms with Crippen molar-refractivity contribution >= 4 is 35.0 Å². The van der Waals surface area contributed by atoms with Gasteiger partial charge in [0.15, 0.2) is 5.82 Å². The lowest BCUT2D eigenvalue weighted by molar-refractivity contribution is 0.258. The van der Waals surface area contributed by atoms with E-state index in [0.717, 1.165) is 17.1 Å². The van der Waals surface area contributed by atoms with Crippen molar-refractivity contribution in [3.63, 3.8) is 0 Å². The molecular formula is C24H29Cl2N5. The first-order valence-electron chi connectivity index (χ1n) is 10.2. The lowest BCUT2D eigenvalue weighted by atomic mass is 9.85. The molecule has 5 nitrogen and oxygen atoms in total. The highest BCUT2D eigenvalue weighted by Crippen LogP contribution is 2.36. The lowest BCUT2D eigenvalue weighted by Crippen LogP contribution is -2.35. The maximum absolute atomic E-state index is 6.37. The smallest absolute Gasteiger partial charge is 0.176 e. The van der Waals surface area contributed by atoms with Crippen LogP contribution in [0.15, 0.2) is 48.5 Å². The Morgan fingerprint density at radius 2 is 1.74 bits per heavy atom. The average molecular weight is 458 g/mol. The molecule has 31 heavy (non-hydrogen) atoms. The molecule has 0 radical (unpaired) electrons. The van der Waals surface area contributed by atoms with Gasteiger partial charge in [0, 0.05) is 15.7 Å². The number of rotatable bonds is 6. The number of nitrogens with zero attached hydrogens (tertiary/aromatic N) is 4. The standard InChI is InChI=1S/C24H29Cl2N5/c1-16-9-7-8-10-20(16)27-24(5,6)22-28-29-30-31(22)21(23(2,3)4)14-12-17-11-13-18(25)15-19(17)26/h7-15,21,27H,1-6H3/b14-12+/t21-/m0/s1. The summed E-state index contributed by atoms with van der Waals surface area (Å²) < 4.78 is 1.89. The van der Waals surface area contributed by atoms with Gasteiger partial charge in [-0.3, -0.25) is 0 Å². The minimum Gasteiger partial charge on any atom is -0.373 e. The van der Waals surface area contributed by atoms with Gasteiger partial charge in [0.05, 0.1) is 11.6 Å². The number of anilines is 1. The lowest BCUT2D eigenvalue weighted by Gasteiger charge is -2.33. The van der Waals surface area contributed by atoms with Crippen LogP contribution in [0.2, 0.25) is 10.0 Å². The Morgan fingerprint density at radius 1 is 1.03 bits per heavy atom. The Kier molecular flexibility index (Phi) is 6.77. The third-order valence-electron chi connectivity index (χ3n) is 5.22. The van der Waals surface area contributed by atoms with Crippen LogP contribution >= 0.6 is 23.2 Å². The summed E-state index contributed by atoms with van der Waals surface area (Å²) >= 11 is 12.4. The number of aromatic nitrogens is 4. The second-order valence-corrected chi connectivity index (χ2v) is 10.2. The minimum atomic E-state index is -0.495. The van der Waals surface area contributed by atoms with Crippen molar-refractivity contribution in [1.82, 2.24) is 20.2 Å². The molecule has 164 valence electrons. The van der Waals surface area contributed by atoms with Gasteiger partial charge in [-0.15, -0.1) is 5.10 Å². The molecular weight excluding hydrogens is 429 g/mol. The van der Waals surface area contributed by atoms with E-state index in [9.17, 15) is 0 Å². The zero-order valence-corrected chi connectivity index (χ0v) is 20.3. The Bertz CT molecular complexity index is 1080. The number of para-hydroxylation sites is 1. The summed E-state index contributed by atoms with van der Waals surface area (Å²) in [4.78, 5) is 0. The summed E-state index contributed by atoms with van der Waals surface area (Å²) in [5, 5.41) is 17.6. The summed E-state index contributed by atoms with van der Waals surface area (Å²) in [5.74, 6) is 0.752. The minimum absolute atomic E-state index is 0.0952. The molecule has 0 fully saturated rings. The second kappa shape index (κ2) is 9.01. The highest BCUT2D eigenvalue weighted by Gasteiger charge is 2.34. The van der Waals surface area contributed by atoms with Crippen LogP contribution in [0.3, 0.4) is 0 Å². The molecule has 0 bridgehead atoms. The van der Waals surface area contributed by atoms with Crippen LogP contribution in [0.25, 0.3) is 6.08 Å². The van der Waals surface area contributed by atoms with Gasteiger partial charge in [0.2, 0.25) is 0 Å². The first kappa shape index (κ1) is 23.3. The molecule has 0 saturated heterocycles. The maximum atomic E-state index is 6.37. The molecule has 7 heteroatoms. The van der Waals surface area contributed by atoms with Crippen LogP contribution < -0.4 is 5.32 Å². The number of benzene rings is 2. The largest absolute Gasteiger partial charge is 0.373 e. The normalized spacial score (nSPS) is 13.5. The van der Waals surface area contributed by atoms with Crippen molar-refractivity contribution in [2.45, 2.75) is 53.1 Å². The molecule has 0 saturated carbocycles. The van der Waals surface area contributed by atoms with Crippen molar-refractivity contribution in [3.05, 3.63) is 75.5 Å². The summed E-state index contributed by atoms with van der Waals surface area (Å²) in [6, 6.07) is 13.6. The second-order valence-electron chi connectivity index (χ2n) is 9.35. The van der Waals surface area contributed by atoms with E-state index < -0.39 is 5.54 Å². The third-order valence-corrected chi connectivity index (χ3v) is 5.78. The van der Waals surface area contributed by atoms with Gasteiger partial charge in [-0.1, -0.05) is 80.4 Å². The average Bonchev–Trinajstić information content (AvgIpc) is 3.14. The van der Waals surface area contributed by atoms with E-state index >= 15 is 0 Å². The van der Waals surface area contributed by atoms with E-state index in [2.05, 4.69) is 80.6 Å². The fraction of sp³-hybridized carbons (Fsp3) is 0.375. The van der Waals surface area contributed by atoms with Crippen molar-refractivity contribution < 1.29 is 0 Å². The first-order chi connectivity index (χ1) is 14.5. The van der Waals surface area contributed by atoms with E-state index in [0.29, 0.717) is 10.0 Å². The van der Waals surface area contributed by atoms with Crippen LogP contribution in [-0.4, -0.2) is 20.2 Å². The zero-order valence-electron chi connectivity index (χ0n) is 18.8. The van der Waals surface area contributed by atoms with Gasteiger partial charge in [-0.25, -0.2) is 4.68 Å². The fourth-order valence-electron chi connectivity index (χ4n) is 3.47. The van der Waals surface area contributed by atoms with Crippen LogP contribution in [0.1, 0.15) is 57.6 Å². The highest BCUT2D eigenvalue weighted by atomic mass is 35.5. The Labute approximate surface area is 194 Å². The Morgan fingerprint density at radius 3 is 2.39 bits per heavy atom. The van der Waals surface area contributed by atoms with Gasteiger partial charge >= 0.3 is 0 Å². The number of aryl methyl sites for hydroxylation is 1. The number of hydrogen-bond acceptors (Lipinski definition) is 4. The predicted octanol–water partition coefficient (Wildman–Crippen LogP) is 6.94. The maximum Gasteiger partial charge on any atom is 0.176 e. The molecule has 2 aromatic carbocycles. The molecule has 3 rings (SSSR count). The molecule has 1 aromatic heterocycles. The molecule has 1 heterocycles. The van der Waals surface area contributed by atoms with Gasteiger partial charge in [-0.05, 0) is 65.9 Å². The molecule has 1 N–H and O–H groups in total. The molecule has 0 unspecified atom stereocenters. The molecule has 3 aromatic rings. The van der Waals surface area contributed by atoms with E-state index in [1.165, 1.54) is 5.56 Å². The topological polar surface area (TPSA) is 55.6 Å². The first-order valence-corrected chi connectivity index (χ1v) is 11.0. The zero-order chi connectivity index (χ0) is 22.8. The van der Waals surface area contributed by atoms with Crippen LogP contribution in [0, 0.1) is 12.3 Å². The van der Waals surface area contributed by atoms with Crippen LogP contribution in [0.5, 0.6) is 0 Å². The molecule has 0 aliphatic rings. The predicted molar refractivity (Wildman–Crippen MR) is 130 cm³/mol. The third kappa shape index (κ3) is 5.46. The quantitative estimate of drug-likeness (QED) is 0.435. The number of halogens is 2. The van der Waals surface area contributed by atoms with Gasteiger partial charge in [-0.2, -0.15) is 0 Å². The van der Waals surface area contributed by atoms with E-state index in [4.69, 9.17) is 23.2 Å². The molecule has 0 amide bonds. The summed E-state index contributed by atoms with van der Waals surface area (Å²) in [6.07, 6.45) is 4.10. The van der Waals surface area contributed by atoms with Crippen molar-refractivity contribution in [3.8, 4) is 0 Å². The summed E-state index contributed by atoms with van der Waals surface area (Å²) in [5.41, 5.74) is 2.48. The van der Waals surface area contributed by atoms with Crippen molar-refractivity contribution in [2.24, 2.45) is 5.41 Å². The number of allylic oxidation sites excluding steroid dienone is 1. The fourth-order valence-corrected chi connectivity index (χ4v) is 3.94. The Balaban J connectivity index is 1.98. The van der Waals surface area contributed by atoms with Gasteiger partial charge in [0.25, 0.3) is 0 Å². The highest BCUT2D eigenvalue weighted by molar-refractivity contribution is 6.35. The van der Waals surface area contributed by atoms with Crippen LogP contribution in [0.4, 0.5) is 5.69 Å².